The highest BCUT2D eigenvalue weighted by molar-refractivity contribution is 5.93. The molecule has 0 bridgehead atoms. The predicted molar refractivity (Wildman–Crippen MR) is 111 cm³/mol. The largest absolute Gasteiger partial charge is 0.339 e. The van der Waals surface area contributed by atoms with Gasteiger partial charge in [-0.1, -0.05) is 60.7 Å². The molecule has 1 saturated heterocycles. The average Bonchev–Trinajstić information content (AvgIpc) is 2.79. The lowest BCUT2D eigenvalue weighted by Gasteiger charge is -2.32. The van der Waals surface area contributed by atoms with Gasteiger partial charge in [0.15, 0.2) is 5.82 Å². The van der Waals surface area contributed by atoms with E-state index in [-0.39, 0.29) is 5.91 Å². The molecule has 1 fully saturated rings. The van der Waals surface area contributed by atoms with Gasteiger partial charge >= 0.3 is 0 Å². The molecular formula is C24H25N3O. The molecule has 0 atom stereocenters. The standard InChI is InChI=1S/C24H25N3O/c28-24(22-17-25-23(26-18-22)21-9-5-2-6-10-21)27-15-13-20(14-16-27)12-11-19-7-3-1-4-8-19/h1-10,17-18,20H,11-16H2. The second-order valence-corrected chi connectivity index (χ2v) is 7.42. The first-order chi connectivity index (χ1) is 13.8. The monoisotopic (exact) mass is 371 g/mol. The molecule has 0 radical (unpaired) electrons. The molecule has 3 aromatic rings. The van der Waals surface area contributed by atoms with Gasteiger partial charge < -0.3 is 4.90 Å². The van der Waals surface area contributed by atoms with Crippen molar-refractivity contribution in [2.24, 2.45) is 5.92 Å². The second-order valence-electron chi connectivity index (χ2n) is 7.42. The molecule has 1 aromatic heterocycles. The average molecular weight is 371 g/mol. The number of piperidine rings is 1. The van der Waals surface area contributed by atoms with Gasteiger partial charge in [-0.2, -0.15) is 0 Å². The summed E-state index contributed by atoms with van der Waals surface area (Å²) in [4.78, 5) is 23.5. The normalized spacial score (nSPS) is 14.8. The van der Waals surface area contributed by atoms with Crippen molar-refractivity contribution in [1.29, 1.82) is 0 Å². The van der Waals surface area contributed by atoms with Crippen LogP contribution in [0.5, 0.6) is 0 Å². The number of nitrogens with zero attached hydrogens (tertiary/aromatic N) is 3. The molecule has 0 spiro atoms. The van der Waals surface area contributed by atoms with E-state index in [1.54, 1.807) is 12.4 Å². The third-order valence-electron chi connectivity index (χ3n) is 5.52. The molecule has 0 saturated carbocycles. The van der Waals surface area contributed by atoms with Crippen molar-refractivity contribution in [3.63, 3.8) is 0 Å². The fourth-order valence-electron chi connectivity index (χ4n) is 3.80. The SMILES string of the molecule is O=C(c1cnc(-c2ccccc2)nc1)N1CCC(CCc2ccccc2)CC1. The Bertz CT molecular complexity index is 886. The van der Waals surface area contributed by atoms with E-state index in [0.29, 0.717) is 17.3 Å². The van der Waals surface area contributed by atoms with Crippen LogP contribution in [0, 0.1) is 5.92 Å². The minimum Gasteiger partial charge on any atom is -0.339 e. The van der Waals surface area contributed by atoms with Crippen molar-refractivity contribution in [3.8, 4) is 11.4 Å². The van der Waals surface area contributed by atoms with Gasteiger partial charge in [0.25, 0.3) is 5.91 Å². The van der Waals surface area contributed by atoms with Gasteiger partial charge in [-0.05, 0) is 37.2 Å². The zero-order valence-electron chi connectivity index (χ0n) is 16.0. The van der Waals surface area contributed by atoms with Gasteiger partial charge in [-0.25, -0.2) is 9.97 Å². The Morgan fingerprint density at radius 2 is 1.50 bits per heavy atom. The number of amides is 1. The maximum atomic E-state index is 12.8. The second kappa shape index (κ2) is 8.79. The van der Waals surface area contributed by atoms with Crippen molar-refractivity contribution in [2.75, 3.05) is 13.1 Å². The van der Waals surface area contributed by atoms with E-state index >= 15 is 0 Å². The first kappa shape index (κ1) is 18.4. The van der Waals surface area contributed by atoms with Gasteiger partial charge in [0.1, 0.15) is 0 Å². The Hall–Kier alpha value is -3.01. The van der Waals surface area contributed by atoms with E-state index in [9.17, 15) is 4.79 Å². The van der Waals surface area contributed by atoms with Gasteiger partial charge in [0.05, 0.1) is 5.56 Å². The third-order valence-corrected chi connectivity index (χ3v) is 5.52. The van der Waals surface area contributed by atoms with Crippen LogP contribution in [0.4, 0.5) is 0 Å². The topological polar surface area (TPSA) is 46.1 Å². The van der Waals surface area contributed by atoms with Crippen LogP contribution in [0.15, 0.2) is 73.1 Å². The van der Waals surface area contributed by atoms with Crippen LogP contribution < -0.4 is 0 Å². The Labute approximate surface area is 166 Å². The van der Waals surface area contributed by atoms with Crippen molar-refractivity contribution in [3.05, 3.63) is 84.2 Å². The number of benzene rings is 2. The Morgan fingerprint density at radius 3 is 2.14 bits per heavy atom. The Kier molecular flexibility index (Phi) is 5.76. The fraction of sp³-hybridized carbons (Fsp3) is 0.292. The minimum atomic E-state index is 0.0427. The van der Waals surface area contributed by atoms with Crippen molar-refractivity contribution in [1.82, 2.24) is 14.9 Å². The molecule has 4 nitrogen and oxygen atoms in total. The molecule has 4 rings (SSSR count). The molecule has 28 heavy (non-hydrogen) atoms. The molecule has 1 aliphatic heterocycles. The highest BCUT2D eigenvalue weighted by atomic mass is 16.2. The lowest BCUT2D eigenvalue weighted by Crippen LogP contribution is -2.38. The Balaban J connectivity index is 1.30. The number of hydrogen-bond acceptors (Lipinski definition) is 3. The molecular weight excluding hydrogens is 346 g/mol. The number of hydrogen-bond donors (Lipinski definition) is 0. The van der Waals surface area contributed by atoms with E-state index in [4.69, 9.17) is 0 Å². The maximum absolute atomic E-state index is 12.8. The van der Waals surface area contributed by atoms with Crippen LogP contribution in [-0.2, 0) is 6.42 Å². The summed E-state index contributed by atoms with van der Waals surface area (Å²) in [6.07, 6.45) is 7.76. The van der Waals surface area contributed by atoms with Crippen LogP contribution in [0.3, 0.4) is 0 Å². The van der Waals surface area contributed by atoms with E-state index in [0.717, 1.165) is 37.9 Å². The van der Waals surface area contributed by atoms with Gasteiger partial charge in [0.2, 0.25) is 0 Å². The molecule has 2 heterocycles. The molecule has 0 aliphatic carbocycles. The summed E-state index contributed by atoms with van der Waals surface area (Å²) in [6, 6.07) is 20.5. The number of aromatic nitrogens is 2. The summed E-state index contributed by atoms with van der Waals surface area (Å²) in [5, 5.41) is 0. The molecule has 4 heteroatoms. The molecule has 1 aliphatic rings. The van der Waals surface area contributed by atoms with Crippen LogP contribution in [-0.4, -0.2) is 33.9 Å². The van der Waals surface area contributed by atoms with Gasteiger partial charge in [-0.3, -0.25) is 4.79 Å². The minimum absolute atomic E-state index is 0.0427. The number of rotatable bonds is 5. The van der Waals surface area contributed by atoms with E-state index < -0.39 is 0 Å². The number of aryl methyl sites for hydroxylation is 1. The van der Waals surface area contributed by atoms with Crippen LogP contribution in [0.1, 0.15) is 35.2 Å². The summed E-state index contributed by atoms with van der Waals surface area (Å²) < 4.78 is 0. The maximum Gasteiger partial charge on any atom is 0.256 e. The van der Waals surface area contributed by atoms with Gasteiger partial charge in [-0.15, -0.1) is 0 Å². The number of carbonyl (C=O) groups excluding carboxylic acids is 1. The molecule has 0 N–H and O–H groups in total. The molecule has 142 valence electrons. The number of carbonyl (C=O) groups is 1. The summed E-state index contributed by atoms with van der Waals surface area (Å²) in [5.41, 5.74) is 2.93. The highest BCUT2D eigenvalue weighted by Gasteiger charge is 2.24. The van der Waals surface area contributed by atoms with Crippen LogP contribution >= 0.6 is 0 Å². The van der Waals surface area contributed by atoms with Crippen LogP contribution in [0.2, 0.25) is 0 Å². The number of likely N-dealkylation sites (tertiary alicyclic amines) is 1. The lowest BCUT2D eigenvalue weighted by molar-refractivity contribution is 0.0686. The molecule has 2 aromatic carbocycles. The Morgan fingerprint density at radius 1 is 0.893 bits per heavy atom. The van der Waals surface area contributed by atoms with Crippen molar-refractivity contribution >= 4 is 5.91 Å². The first-order valence-electron chi connectivity index (χ1n) is 10.0. The molecule has 0 unspecified atom stereocenters. The van der Waals surface area contributed by atoms with Gasteiger partial charge in [0, 0.05) is 31.0 Å². The lowest BCUT2D eigenvalue weighted by atomic mass is 9.90. The zero-order chi connectivity index (χ0) is 19.2. The predicted octanol–water partition coefficient (Wildman–Crippen LogP) is 4.63. The summed E-state index contributed by atoms with van der Waals surface area (Å²) in [7, 11) is 0. The van der Waals surface area contributed by atoms with Crippen molar-refractivity contribution < 1.29 is 4.79 Å². The summed E-state index contributed by atoms with van der Waals surface area (Å²) in [6.45, 7) is 1.64. The quantitative estimate of drug-likeness (QED) is 0.657. The van der Waals surface area contributed by atoms with E-state index in [1.165, 1.54) is 12.0 Å². The summed E-state index contributed by atoms with van der Waals surface area (Å²) in [5.74, 6) is 1.39. The van der Waals surface area contributed by atoms with E-state index in [1.807, 2.05) is 35.2 Å². The molecule has 1 amide bonds. The zero-order valence-corrected chi connectivity index (χ0v) is 16.0. The summed E-state index contributed by atoms with van der Waals surface area (Å²) >= 11 is 0. The first-order valence-corrected chi connectivity index (χ1v) is 10.0. The van der Waals surface area contributed by atoms with Crippen LogP contribution in [0.25, 0.3) is 11.4 Å². The van der Waals surface area contributed by atoms with E-state index in [2.05, 4.69) is 40.3 Å². The third kappa shape index (κ3) is 4.45. The fourth-order valence-corrected chi connectivity index (χ4v) is 3.80. The highest BCUT2D eigenvalue weighted by Crippen LogP contribution is 2.23. The smallest absolute Gasteiger partial charge is 0.256 e. The van der Waals surface area contributed by atoms with Crippen molar-refractivity contribution in [2.45, 2.75) is 25.7 Å².